The van der Waals surface area contributed by atoms with Crippen molar-refractivity contribution in [3.05, 3.63) is 84.3 Å². The molecule has 3 N–H and O–H groups in total. The Hall–Kier alpha value is -5.24. The van der Waals surface area contributed by atoms with Crippen molar-refractivity contribution in [3.8, 4) is 0 Å². The van der Waals surface area contributed by atoms with E-state index in [0.29, 0.717) is 24.9 Å². The molecule has 0 radical (unpaired) electrons. The number of hydrogen-bond donors (Lipinski definition) is 3. The highest BCUT2D eigenvalue weighted by atomic mass is 16.6. The molecule has 1 fully saturated rings. The van der Waals surface area contributed by atoms with Crippen LogP contribution in [0, 0.1) is 0 Å². The van der Waals surface area contributed by atoms with Gasteiger partial charge in [-0.3, -0.25) is 14.4 Å². The maximum atomic E-state index is 14.0. The zero-order chi connectivity index (χ0) is 36.5. The highest BCUT2D eigenvalue weighted by Crippen LogP contribution is 2.28. The quantitative estimate of drug-likeness (QED) is 0.227. The van der Waals surface area contributed by atoms with E-state index in [4.69, 9.17) is 14.2 Å². The Balaban J connectivity index is 1.53. The predicted molar refractivity (Wildman–Crippen MR) is 184 cm³/mol. The number of aromatic nitrogens is 2. The van der Waals surface area contributed by atoms with Crippen LogP contribution < -0.4 is 16.0 Å². The van der Waals surface area contributed by atoms with E-state index in [0.717, 1.165) is 5.56 Å². The number of carbonyl (C=O) groups excluding carboxylic acids is 5. The van der Waals surface area contributed by atoms with E-state index in [1.807, 2.05) is 36.4 Å². The summed E-state index contributed by atoms with van der Waals surface area (Å²) >= 11 is 0. The minimum atomic E-state index is -1.46. The number of benzene rings is 2. The van der Waals surface area contributed by atoms with Crippen LogP contribution >= 0.6 is 0 Å². The third-order valence-electron chi connectivity index (χ3n) is 7.91. The van der Waals surface area contributed by atoms with Crippen LogP contribution in [0.5, 0.6) is 0 Å². The lowest BCUT2D eigenvalue weighted by molar-refractivity contribution is -0.151. The van der Waals surface area contributed by atoms with Crippen LogP contribution in [0.25, 0.3) is 0 Å². The second-order valence-corrected chi connectivity index (χ2v) is 13.5. The molecule has 2 aromatic carbocycles. The topological polar surface area (TPSA) is 170 Å². The molecule has 0 saturated carbocycles. The molecule has 1 aliphatic rings. The summed E-state index contributed by atoms with van der Waals surface area (Å²) < 4.78 is 17.6. The fourth-order valence-electron chi connectivity index (χ4n) is 5.41. The van der Waals surface area contributed by atoms with Crippen LogP contribution in [0.3, 0.4) is 0 Å². The van der Waals surface area contributed by atoms with Gasteiger partial charge in [0.25, 0.3) is 11.8 Å². The summed E-state index contributed by atoms with van der Waals surface area (Å²) in [6.45, 7) is 8.45. The molecule has 14 nitrogen and oxygen atoms in total. The lowest BCUT2D eigenvalue weighted by atomic mass is 10.0. The highest BCUT2D eigenvalue weighted by molar-refractivity contribution is 5.98. The van der Waals surface area contributed by atoms with Gasteiger partial charge in [0, 0.05) is 12.7 Å². The van der Waals surface area contributed by atoms with Gasteiger partial charge in [0.15, 0.2) is 5.82 Å². The standard InChI is InChI=1S/C36H46N6O8/c1-35(2,3)50-34(47)40-36(4,5)33(46)38-26(22-49-21-24-14-9-7-10-15-24)30(43)39-28-20-41(23-37-28)29(25-16-11-8-12-17-25)31(44)42-19-13-18-27(42)32(45)48-6/h7-12,14-17,20,23,26-27,29H,13,18-19,21-22H2,1-6H3,(H,38,46)(H,39,43)(H,40,47). The van der Waals surface area contributed by atoms with Gasteiger partial charge in [0.1, 0.15) is 29.3 Å². The molecule has 2 heterocycles. The van der Waals surface area contributed by atoms with Crippen LogP contribution in [0.2, 0.25) is 0 Å². The van der Waals surface area contributed by atoms with E-state index < -0.39 is 53.1 Å². The van der Waals surface area contributed by atoms with Crippen LogP contribution in [-0.2, 0) is 40.0 Å². The van der Waals surface area contributed by atoms with E-state index >= 15 is 0 Å². The normalized spacial score (nSPS) is 15.8. The molecule has 3 unspecified atom stereocenters. The summed E-state index contributed by atoms with van der Waals surface area (Å²) in [6, 6.07) is 15.6. The van der Waals surface area contributed by atoms with Gasteiger partial charge >= 0.3 is 12.1 Å². The van der Waals surface area contributed by atoms with Gasteiger partial charge in [-0.1, -0.05) is 60.7 Å². The van der Waals surface area contributed by atoms with Crippen molar-refractivity contribution in [2.75, 3.05) is 25.6 Å². The van der Waals surface area contributed by atoms with E-state index in [1.165, 1.54) is 38.4 Å². The minimum absolute atomic E-state index is 0.114. The summed E-state index contributed by atoms with van der Waals surface area (Å²) in [5.41, 5.74) is -0.715. The monoisotopic (exact) mass is 690 g/mol. The number of nitrogens with zero attached hydrogens (tertiary/aromatic N) is 3. The number of imidazole rings is 1. The smallest absolute Gasteiger partial charge is 0.408 e. The SMILES string of the molecule is COC(=O)C1CCCN1C(=O)C(c1ccccc1)n1cnc(NC(=O)C(COCc2ccccc2)NC(=O)C(C)(C)NC(=O)OC(C)(C)C)c1. The zero-order valence-electron chi connectivity index (χ0n) is 29.3. The first-order chi connectivity index (χ1) is 23.7. The summed E-state index contributed by atoms with van der Waals surface area (Å²) in [5.74, 6) is -1.98. The molecular weight excluding hydrogens is 644 g/mol. The van der Waals surface area contributed by atoms with E-state index in [2.05, 4.69) is 20.9 Å². The van der Waals surface area contributed by atoms with Crippen molar-refractivity contribution in [1.82, 2.24) is 25.1 Å². The summed E-state index contributed by atoms with van der Waals surface area (Å²) in [4.78, 5) is 71.8. The van der Waals surface area contributed by atoms with Gasteiger partial charge in [0.2, 0.25) is 5.91 Å². The molecule has 1 saturated heterocycles. The molecule has 0 bridgehead atoms. The summed E-state index contributed by atoms with van der Waals surface area (Å²) in [6.07, 6.45) is 3.28. The molecule has 4 amide bonds. The van der Waals surface area contributed by atoms with Crippen molar-refractivity contribution < 1.29 is 38.2 Å². The van der Waals surface area contributed by atoms with Crippen molar-refractivity contribution >= 4 is 35.6 Å². The number of anilines is 1. The van der Waals surface area contributed by atoms with Crippen molar-refractivity contribution in [3.63, 3.8) is 0 Å². The maximum Gasteiger partial charge on any atom is 0.408 e. The first kappa shape index (κ1) is 37.6. The van der Waals surface area contributed by atoms with Gasteiger partial charge in [0.05, 0.1) is 26.7 Å². The molecule has 0 spiro atoms. The van der Waals surface area contributed by atoms with Crippen molar-refractivity contribution in [2.24, 2.45) is 0 Å². The number of amides is 4. The Bertz CT molecular complexity index is 1640. The zero-order valence-corrected chi connectivity index (χ0v) is 29.3. The number of hydrogen-bond acceptors (Lipinski definition) is 9. The van der Waals surface area contributed by atoms with Gasteiger partial charge in [-0.15, -0.1) is 0 Å². The number of nitrogens with one attached hydrogen (secondary N) is 3. The first-order valence-corrected chi connectivity index (χ1v) is 16.4. The second-order valence-electron chi connectivity index (χ2n) is 13.5. The third kappa shape index (κ3) is 10.1. The fourth-order valence-corrected chi connectivity index (χ4v) is 5.41. The molecule has 50 heavy (non-hydrogen) atoms. The largest absolute Gasteiger partial charge is 0.467 e. The average molecular weight is 691 g/mol. The fraction of sp³-hybridized carbons (Fsp3) is 0.444. The highest BCUT2D eigenvalue weighted by Gasteiger charge is 2.39. The van der Waals surface area contributed by atoms with E-state index in [-0.39, 0.29) is 24.9 Å². The maximum absolute atomic E-state index is 14.0. The van der Waals surface area contributed by atoms with Crippen LogP contribution in [0.4, 0.5) is 10.6 Å². The molecular formula is C36H46N6O8. The first-order valence-electron chi connectivity index (χ1n) is 16.4. The molecule has 1 aromatic heterocycles. The molecule has 268 valence electrons. The Morgan fingerprint density at radius 3 is 2.26 bits per heavy atom. The molecule has 14 heteroatoms. The van der Waals surface area contributed by atoms with Crippen molar-refractivity contribution in [1.29, 1.82) is 0 Å². The van der Waals surface area contributed by atoms with Gasteiger partial charge in [-0.25, -0.2) is 14.6 Å². The van der Waals surface area contributed by atoms with Crippen LogP contribution in [0.1, 0.15) is 64.6 Å². The number of methoxy groups -OCH3 is 1. The van der Waals surface area contributed by atoms with Crippen LogP contribution in [0.15, 0.2) is 73.2 Å². The van der Waals surface area contributed by atoms with Gasteiger partial charge < -0.3 is 39.6 Å². The molecule has 3 aromatic rings. The average Bonchev–Trinajstić information content (AvgIpc) is 3.74. The van der Waals surface area contributed by atoms with E-state index in [9.17, 15) is 24.0 Å². The van der Waals surface area contributed by atoms with Gasteiger partial charge in [-0.2, -0.15) is 0 Å². The number of esters is 1. The Morgan fingerprint density at radius 2 is 1.62 bits per heavy atom. The molecule has 1 aliphatic heterocycles. The van der Waals surface area contributed by atoms with Gasteiger partial charge in [-0.05, 0) is 58.6 Å². The third-order valence-corrected chi connectivity index (χ3v) is 7.91. The molecule has 4 rings (SSSR count). The second kappa shape index (κ2) is 16.4. The minimum Gasteiger partial charge on any atom is -0.467 e. The lowest BCUT2D eigenvalue weighted by Gasteiger charge is -2.29. The number of carbonyl (C=O) groups is 5. The molecule has 3 atom stereocenters. The predicted octanol–water partition coefficient (Wildman–Crippen LogP) is 3.58. The number of likely N-dealkylation sites (tertiary alicyclic amines) is 1. The van der Waals surface area contributed by atoms with Crippen LogP contribution in [-0.4, -0.2) is 87.7 Å². The van der Waals surface area contributed by atoms with E-state index in [1.54, 1.807) is 49.6 Å². The summed E-state index contributed by atoms with van der Waals surface area (Å²) in [5, 5.41) is 7.93. The number of alkyl carbamates (subject to hydrolysis) is 1. The number of rotatable bonds is 13. The Kier molecular flexibility index (Phi) is 12.4. The van der Waals surface area contributed by atoms with Crippen molar-refractivity contribution in [2.45, 2.75) is 83.3 Å². The Labute approximate surface area is 291 Å². The lowest BCUT2D eigenvalue weighted by Crippen LogP contribution is -2.59. The molecule has 0 aliphatic carbocycles. The Morgan fingerprint density at radius 1 is 0.960 bits per heavy atom. The number of ether oxygens (including phenoxy) is 3. The summed E-state index contributed by atoms with van der Waals surface area (Å²) in [7, 11) is 1.30.